The van der Waals surface area contributed by atoms with Gasteiger partial charge in [0.2, 0.25) is 0 Å². The standard InChI is InChI=1S/C20H23BrO9/c1-10(22)26-9-16-18(27-11(2)23)20(29-13(4)25)19(28-12(3)24)17(30-16)14-5-7-15(21)8-6-14/h5-8,16-20H,9H2,1-4H3/t16?,17-,18+,19?,20-/m0/s1. The van der Waals surface area contributed by atoms with E-state index in [0.29, 0.717) is 5.56 Å². The summed E-state index contributed by atoms with van der Waals surface area (Å²) in [5.41, 5.74) is 0.621. The van der Waals surface area contributed by atoms with E-state index in [2.05, 4.69) is 15.9 Å². The first-order chi connectivity index (χ1) is 14.1. The fourth-order valence-electron chi connectivity index (χ4n) is 3.15. The molecular weight excluding hydrogens is 464 g/mol. The molecule has 1 aliphatic rings. The van der Waals surface area contributed by atoms with E-state index in [0.717, 1.165) is 4.47 Å². The largest absolute Gasteiger partial charge is 0.463 e. The highest BCUT2D eigenvalue weighted by atomic mass is 79.9. The lowest BCUT2D eigenvalue weighted by molar-refractivity contribution is -0.254. The molecule has 0 radical (unpaired) electrons. The van der Waals surface area contributed by atoms with E-state index in [1.165, 1.54) is 27.7 Å². The van der Waals surface area contributed by atoms with Crippen LogP contribution in [0.2, 0.25) is 0 Å². The van der Waals surface area contributed by atoms with E-state index in [9.17, 15) is 19.2 Å². The van der Waals surface area contributed by atoms with Crippen LogP contribution in [0.25, 0.3) is 0 Å². The third kappa shape index (κ3) is 6.53. The van der Waals surface area contributed by atoms with Crippen molar-refractivity contribution in [2.24, 2.45) is 0 Å². The van der Waals surface area contributed by atoms with Crippen LogP contribution in [0.15, 0.2) is 28.7 Å². The van der Waals surface area contributed by atoms with Crippen molar-refractivity contribution in [3.8, 4) is 0 Å². The van der Waals surface area contributed by atoms with Crippen molar-refractivity contribution in [3.05, 3.63) is 34.3 Å². The van der Waals surface area contributed by atoms with Crippen molar-refractivity contribution in [2.45, 2.75) is 58.2 Å². The average molecular weight is 487 g/mol. The van der Waals surface area contributed by atoms with Crippen LogP contribution in [0.4, 0.5) is 0 Å². The van der Waals surface area contributed by atoms with Gasteiger partial charge in [-0.2, -0.15) is 0 Å². The van der Waals surface area contributed by atoms with E-state index >= 15 is 0 Å². The van der Waals surface area contributed by atoms with Crippen LogP contribution < -0.4 is 0 Å². The van der Waals surface area contributed by atoms with Gasteiger partial charge in [0, 0.05) is 32.2 Å². The molecule has 164 valence electrons. The van der Waals surface area contributed by atoms with Gasteiger partial charge in [-0.3, -0.25) is 19.2 Å². The van der Waals surface area contributed by atoms with Gasteiger partial charge in [0.15, 0.2) is 18.3 Å². The maximum absolute atomic E-state index is 11.8. The first kappa shape index (κ1) is 23.8. The molecule has 1 saturated heterocycles. The van der Waals surface area contributed by atoms with E-state index in [1.54, 1.807) is 24.3 Å². The molecule has 0 bridgehead atoms. The average Bonchev–Trinajstić information content (AvgIpc) is 2.63. The van der Waals surface area contributed by atoms with Gasteiger partial charge in [0.25, 0.3) is 0 Å². The number of halogens is 1. The van der Waals surface area contributed by atoms with Crippen LogP contribution in [-0.2, 0) is 42.9 Å². The molecular formula is C20H23BrO9. The first-order valence-electron chi connectivity index (χ1n) is 9.14. The molecule has 5 atom stereocenters. The normalized spacial score (nSPS) is 25.7. The van der Waals surface area contributed by atoms with Gasteiger partial charge >= 0.3 is 23.9 Å². The number of hydrogen-bond donors (Lipinski definition) is 0. The van der Waals surface area contributed by atoms with Gasteiger partial charge in [0.1, 0.15) is 18.8 Å². The lowest BCUT2D eigenvalue weighted by Gasteiger charge is -2.44. The minimum absolute atomic E-state index is 0.259. The van der Waals surface area contributed by atoms with Gasteiger partial charge in [-0.05, 0) is 17.7 Å². The molecule has 1 fully saturated rings. The molecule has 0 aromatic heterocycles. The third-order valence-electron chi connectivity index (χ3n) is 4.19. The van der Waals surface area contributed by atoms with Crippen molar-refractivity contribution < 1.29 is 42.9 Å². The fourth-order valence-corrected chi connectivity index (χ4v) is 3.41. The second kappa shape index (κ2) is 10.5. The Morgan fingerprint density at radius 2 is 1.30 bits per heavy atom. The summed E-state index contributed by atoms with van der Waals surface area (Å²) in [6, 6.07) is 7.02. The molecule has 1 aromatic carbocycles. The lowest BCUT2D eigenvalue weighted by Crippen LogP contribution is -2.59. The fraction of sp³-hybridized carbons (Fsp3) is 0.500. The molecule has 30 heavy (non-hydrogen) atoms. The topological polar surface area (TPSA) is 114 Å². The van der Waals surface area contributed by atoms with Crippen LogP contribution in [0.3, 0.4) is 0 Å². The van der Waals surface area contributed by atoms with Gasteiger partial charge < -0.3 is 23.7 Å². The highest BCUT2D eigenvalue weighted by molar-refractivity contribution is 9.10. The molecule has 9 nitrogen and oxygen atoms in total. The maximum Gasteiger partial charge on any atom is 0.303 e. The number of carbonyl (C=O) groups is 4. The minimum atomic E-state index is -1.18. The van der Waals surface area contributed by atoms with Crippen molar-refractivity contribution in [2.75, 3.05) is 6.61 Å². The summed E-state index contributed by atoms with van der Waals surface area (Å²) in [4.78, 5) is 46.6. The number of hydrogen-bond acceptors (Lipinski definition) is 9. The van der Waals surface area contributed by atoms with Gasteiger partial charge in [-0.1, -0.05) is 28.1 Å². The zero-order valence-corrected chi connectivity index (χ0v) is 18.5. The lowest BCUT2D eigenvalue weighted by atomic mass is 9.90. The van der Waals surface area contributed by atoms with E-state index in [1.807, 2.05) is 0 Å². The summed E-state index contributed by atoms with van der Waals surface area (Å²) in [6.07, 6.45) is -5.30. The Hall–Kier alpha value is -2.46. The minimum Gasteiger partial charge on any atom is -0.463 e. The summed E-state index contributed by atoms with van der Waals surface area (Å²) >= 11 is 3.35. The zero-order chi connectivity index (χ0) is 22.4. The summed E-state index contributed by atoms with van der Waals surface area (Å²) in [5, 5.41) is 0. The van der Waals surface area contributed by atoms with E-state index in [4.69, 9.17) is 23.7 Å². The number of carbonyl (C=O) groups excluding carboxylic acids is 4. The van der Waals surface area contributed by atoms with Crippen LogP contribution in [0, 0.1) is 0 Å². The van der Waals surface area contributed by atoms with Crippen molar-refractivity contribution in [3.63, 3.8) is 0 Å². The maximum atomic E-state index is 11.8. The predicted octanol–water partition coefficient (Wildman–Crippen LogP) is 2.25. The highest BCUT2D eigenvalue weighted by Gasteiger charge is 2.52. The molecule has 0 amide bonds. The van der Waals surface area contributed by atoms with Crippen LogP contribution >= 0.6 is 15.9 Å². The molecule has 10 heteroatoms. The number of ether oxygens (including phenoxy) is 5. The summed E-state index contributed by atoms with van der Waals surface area (Å²) in [5.74, 6) is -2.54. The Kier molecular flexibility index (Phi) is 8.36. The quantitative estimate of drug-likeness (QED) is 0.440. The third-order valence-corrected chi connectivity index (χ3v) is 4.72. The van der Waals surface area contributed by atoms with Gasteiger partial charge in [-0.15, -0.1) is 0 Å². The molecule has 0 aliphatic carbocycles. The van der Waals surface area contributed by atoms with E-state index < -0.39 is 54.4 Å². The van der Waals surface area contributed by atoms with E-state index in [-0.39, 0.29) is 6.61 Å². The molecule has 1 aromatic rings. The second-order valence-corrected chi connectivity index (χ2v) is 7.59. The Labute approximate surface area is 182 Å². The van der Waals surface area contributed by atoms with Crippen molar-refractivity contribution in [1.82, 2.24) is 0 Å². The second-order valence-electron chi connectivity index (χ2n) is 6.67. The van der Waals surface area contributed by atoms with Crippen LogP contribution in [0.5, 0.6) is 0 Å². The Balaban J connectivity index is 2.51. The van der Waals surface area contributed by atoms with Gasteiger partial charge in [0.05, 0.1) is 0 Å². The van der Waals surface area contributed by atoms with Crippen molar-refractivity contribution >= 4 is 39.8 Å². The molecule has 0 spiro atoms. The highest BCUT2D eigenvalue weighted by Crippen LogP contribution is 2.38. The molecule has 2 rings (SSSR count). The predicted molar refractivity (Wildman–Crippen MR) is 105 cm³/mol. The molecule has 0 N–H and O–H groups in total. The van der Waals surface area contributed by atoms with Gasteiger partial charge in [-0.25, -0.2) is 0 Å². The van der Waals surface area contributed by atoms with Crippen LogP contribution in [0.1, 0.15) is 39.4 Å². The SMILES string of the molecule is CC(=O)OCC1O[C@@H](c2ccc(Br)cc2)C(OC(C)=O)[C@@H](OC(C)=O)[C@@H]1OC(C)=O. The molecule has 1 aliphatic heterocycles. The number of rotatable bonds is 6. The Morgan fingerprint density at radius 3 is 1.80 bits per heavy atom. The molecule has 1 heterocycles. The molecule has 2 unspecified atom stereocenters. The van der Waals surface area contributed by atoms with Crippen LogP contribution in [-0.4, -0.2) is 54.9 Å². The summed E-state index contributed by atoms with van der Waals surface area (Å²) in [7, 11) is 0. The number of benzene rings is 1. The summed E-state index contributed by atoms with van der Waals surface area (Å²) < 4.78 is 28.1. The number of esters is 4. The smallest absolute Gasteiger partial charge is 0.303 e. The first-order valence-corrected chi connectivity index (χ1v) is 9.93. The monoisotopic (exact) mass is 486 g/mol. The molecule has 0 saturated carbocycles. The Morgan fingerprint density at radius 1 is 0.800 bits per heavy atom. The van der Waals surface area contributed by atoms with Crippen molar-refractivity contribution in [1.29, 1.82) is 0 Å². The zero-order valence-electron chi connectivity index (χ0n) is 17.0. The summed E-state index contributed by atoms with van der Waals surface area (Å²) in [6.45, 7) is 4.53. The Bertz CT molecular complexity index is 792.